The lowest BCUT2D eigenvalue weighted by molar-refractivity contribution is -0.114. The van der Waals surface area contributed by atoms with E-state index >= 15 is 0 Å². The lowest BCUT2D eigenvalue weighted by Crippen LogP contribution is -2.11. The average Bonchev–Trinajstić information content (AvgIpc) is 2.19. The van der Waals surface area contributed by atoms with Gasteiger partial charge in [-0.05, 0) is 12.5 Å². The molecule has 0 aliphatic rings. The van der Waals surface area contributed by atoms with E-state index in [4.69, 9.17) is 5.73 Å². The molecule has 1 amide bonds. The lowest BCUT2D eigenvalue weighted by atomic mass is 10.2. The van der Waals surface area contributed by atoms with Gasteiger partial charge in [0.05, 0.1) is 0 Å². The summed E-state index contributed by atoms with van der Waals surface area (Å²) >= 11 is 0. The molecule has 0 bridgehead atoms. The van der Waals surface area contributed by atoms with Crippen LogP contribution in [0.3, 0.4) is 0 Å². The molecule has 0 heterocycles. The van der Waals surface area contributed by atoms with Crippen molar-refractivity contribution in [3.05, 3.63) is 53.6 Å². The highest BCUT2D eigenvalue weighted by molar-refractivity contribution is 5.91. The number of benzene rings is 1. The molecular weight excluding hydrogens is 174 g/mol. The van der Waals surface area contributed by atoms with Gasteiger partial charge >= 0.3 is 0 Å². The van der Waals surface area contributed by atoms with Gasteiger partial charge in [0.2, 0.25) is 5.91 Å². The Balaban J connectivity index is 2.66. The molecule has 0 radical (unpaired) electrons. The summed E-state index contributed by atoms with van der Waals surface area (Å²) in [4.78, 5) is 10.7. The van der Waals surface area contributed by atoms with Gasteiger partial charge < -0.3 is 5.73 Å². The molecule has 72 valence electrons. The molecule has 0 spiro atoms. The normalized spacial score (nSPS) is 11.9. The summed E-state index contributed by atoms with van der Waals surface area (Å²) in [7, 11) is 0. The zero-order valence-electron chi connectivity index (χ0n) is 8.10. The van der Waals surface area contributed by atoms with E-state index < -0.39 is 0 Å². The fourth-order valence-electron chi connectivity index (χ4n) is 0.950. The Morgan fingerprint density at radius 2 is 1.93 bits per heavy atom. The van der Waals surface area contributed by atoms with Crippen LogP contribution in [0.15, 0.2) is 48.1 Å². The molecule has 0 saturated carbocycles. The molecule has 1 aromatic rings. The molecule has 0 saturated heterocycles. The van der Waals surface area contributed by atoms with E-state index in [1.807, 2.05) is 42.5 Å². The molecule has 0 unspecified atom stereocenters. The maximum absolute atomic E-state index is 10.7. The van der Waals surface area contributed by atoms with Crippen LogP contribution in [0.25, 0.3) is 6.08 Å². The SMILES string of the molecule is C/C(=C/C=C/c1ccccc1)C(N)=O. The summed E-state index contributed by atoms with van der Waals surface area (Å²) in [6.07, 6.45) is 5.44. The monoisotopic (exact) mass is 187 g/mol. The molecule has 0 aromatic heterocycles. The number of carbonyl (C=O) groups excluding carboxylic acids is 1. The molecule has 0 aliphatic carbocycles. The zero-order chi connectivity index (χ0) is 10.4. The largest absolute Gasteiger partial charge is 0.366 e. The van der Waals surface area contributed by atoms with Gasteiger partial charge in [-0.2, -0.15) is 0 Å². The van der Waals surface area contributed by atoms with Gasteiger partial charge in [0.25, 0.3) is 0 Å². The third-order valence-corrected chi connectivity index (χ3v) is 1.82. The number of allylic oxidation sites excluding steroid dienone is 2. The Bertz CT molecular complexity index is 363. The quantitative estimate of drug-likeness (QED) is 0.571. The summed E-state index contributed by atoms with van der Waals surface area (Å²) in [6, 6.07) is 9.87. The van der Waals surface area contributed by atoms with E-state index in [0.717, 1.165) is 5.56 Å². The second-order valence-electron chi connectivity index (χ2n) is 2.98. The molecule has 14 heavy (non-hydrogen) atoms. The van der Waals surface area contributed by atoms with E-state index in [-0.39, 0.29) is 5.91 Å². The van der Waals surface area contributed by atoms with E-state index in [0.29, 0.717) is 5.57 Å². The third-order valence-electron chi connectivity index (χ3n) is 1.82. The van der Waals surface area contributed by atoms with Crippen molar-refractivity contribution in [1.82, 2.24) is 0 Å². The molecule has 0 atom stereocenters. The van der Waals surface area contributed by atoms with Crippen LogP contribution in [-0.4, -0.2) is 5.91 Å². The summed E-state index contributed by atoms with van der Waals surface area (Å²) in [5, 5.41) is 0. The molecule has 0 fully saturated rings. The Labute approximate surface area is 83.7 Å². The molecule has 1 aromatic carbocycles. The van der Waals surface area contributed by atoms with Crippen LogP contribution in [-0.2, 0) is 4.79 Å². The Morgan fingerprint density at radius 1 is 1.29 bits per heavy atom. The molecule has 1 rings (SSSR count). The van der Waals surface area contributed by atoms with Gasteiger partial charge in [-0.15, -0.1) is 0 Å². The highest BCUT2D eigenvalue weighted by Gasteiger charge is 1.92. The standard InChI is InChI=1S/C12H13NO/c1-10(12(13)14)6-5-9-11-7-3-2-4-8-11/h2-9H,1H3,(H2,13,14)/b9-5+,10-6-. The van der Waals surface area contributed by atoms with Crippen molar-refractivity contribution in [3.63, 3.8) is 0 Å². The third kappa shape index (κ3) is 3.27. The molecular formula is C12H13NO. The van der Waals surface area contributed by atoms with Crippen molar-refractivity contribution in [3.8, 4) is 0 Å². The first-order valence-electron chi connectivity index (χ1n) is 4.40. The van der Waals surface area contributed by atoms with E-state index in [2.05, 4.69) is 0 Å². The van der Waals surface area contributed by atoms with Gasteiger partial charge in [-0.25, -0.2) is 0 Å². The average molecular weight is 187 g/mol. The predicted octanol–water partition coefficient (Wildman–Crippen LogP) is 2.13. The van der Waals surface area contributed by atoms with Crippen LogP contribution in [0.1, 0.15) is 12.5 Å². The topological polar surface area (TPSA) is 43.1 Å². The first-order valence-corrected chi connectivity index (χ1v) is 4.40. The van der Waals surface area contributed by atoms with Crippen LogP contribution in [0.5, 0.6) is 0 Å². The van der Waals surface area contributed by atoms with E-state index in [1.165, 1.54) is 0 Å². The van der Waals surface area contributed by atoms with Crippen LogP contribution < -0.4 is 5.73 Å². The Morgan fingerprint density at radius 3 is 2.50 bits per heavy atom. The Hall–Kier alpha value is -1.83. The predicted molar refractivity (Wildman–Crippen MR) is 58.4 cm³/mol. The molecule has 2 N–H and O–H groups in total. The van der Waals surface area contributed by atoms with Crippen molar-refractivity contribution < 1.29 is 4.79 Å². The maximum atomic E-state index is 10.7. The first-order chi connectivity index (χ1) is 6.70. The van der Waals surface area contributed by atoms with Crippen LogP contribution in [0.4, 0.5) is 0 Å². The number of hydrogen-bond acceptors (Lipinski definition) is 1. The van der Waals surface area contributed by atoms with Crippen LogP contribution in [0, 0.1) is 0 Å². The number of amides is 1. The first kappa shape index (κ1) is 10.3. The van der Waals surface area contributed by atoms with Gasteiger partial charge in [0, 0.05) is 5.57 Å². The van der Waals surface area contributed by atoms with Crippen LogP contribution in [0.2, 0.25) is 0 Å². The second kappa shape index (κ2) is 5.02. The van der Waals surface area contributed by atoms with E-state index in [9.17, 15) is 4.79 Å². The fourth-order valence-corrected chi connectivity index (χ4v) is 0.950. The Kier molecular flexibility index (Phi) is 3.68. The highest BCUT2D eigenvalue weighted by Crippen LogP contribution is 2.01. The summed E-state index contributed by atoms with van der Waals surface area (Å²) < 4.78 is 0. The highest BCUT2D eigenvalue weighted by atomic mass is 16.1. The summed E-state index contributed by atoms with van der Waals surface area (Å²) in [5.41, 5.74) is 6.73. The maximum Gasteiger partial charge on any atom is 0.244 e. The van der Waals surface area contributed by atoms with Crippen molar-refractivity contribution >= 4 is 12.0 Å². The summed E-state index contributed by atoms with van der Waals surface area (Å²) in [5.74, 6) is -0.386. The van der Waals surface area contributed by atoms with E-state index in [1.54, 1.807) is 13.0 Å². The zero-order valence-corrected chi connectivity index (χ0v) is 8.10. The number of hydrogen-bond donors (Lipinski definition) is 1. The van der Waals surface area contributed by atoms with Gasteiger partial charge in [0.1, 0.15) is 0 Å². The molecule has 2 heteroatoms. The van der Waals surface area contributed by atoms with Crippen molar-refractivity contribution in [2.75, 3.05) is 0 Å². The lowest BCUT2D eigenvalue weighted by Gasteiger charge is -1.91. The second-order valence-corrected chi connectivity index (χ2v) is 2.98. The number of rotatable bonds is 3. The van der Waals surface area contributed by atoms with Crippen molar-refractivity contribution in [2.24, 2.45) is 5.73 Å². The van der Waals surface area contributed by atoms with Gasteiger partial charge in [-0.1, -0.05) is 48.6 Å². The smallest absolute Gasteiger partial charge is 0.244 e. The fraction of sp³-hybridized carbons (Fsp3) is 0.0833. The number of carbonyl (C=O) groups is 1. The van der Waals surface area contributed by atoms with Gasteiger partial charge in [-0.3, -0.25) is 4.79 Å². The van der Waals surface area contributed by atoms with Crippen molar-refractivity contribution in [2.45, 2.75) is 6.92 Å². The van der Waals surface area contributed by atoms with Crippen LogP contribution >= 0.6 is 0 Å². The number of primary amides is 1. The molecule has 2 nitrogen and oxygen atoms in total. The molecule has 0 aliphatic heterocycles. The minimum absolute atomic E-state index is 0.386. The van der Waals surface area contributed by atoms with Gasteiger partial charge in [0.15, 0.2) is 0 Å². The number of nitrogens with two attached hydrogens (primary N) is 1. The minimum Gasteiger partial charge on any atom is -0.366 e. The van der Waals surface area contributed by atoms with Crippen molar-refractivity contribution in [1.29, 1.82) is 0 Å². The minimum atomic E-state index is -0.386. The summed E-state index contributed by atoms with van der Waals surface area (Å²) in [6.45, 7) is 1.69.